The second-order valence-electron chi connectivity index (χ2n) is 7.25. The summed E-state index contributed by atoms with van der Waals surface area (Å²) in [6, 6.07) is 8.21. The first-order valence-corrected chi connectivity index (χ1v) is 9.33. The Morgan fingerprint density at radius 2 is 1.52 bits per heavy atom. The number of hydrogen-bond donors (Lipinski definition) is 3. The topological polar surface area (TPSA) is 48.5 Å². The van der Waals surface area contributed by atoms with E-state index in [0.29, 0.717) is 0 Å². The molecular formula is C25H38N4. The van der Waals surface area contributed by atoms with Crippen molar-refractivity contribution in [3.63, 3.8) is 0 Å². The summed E-state index contributed by atoms with van der Waals surface area (Å²) in [5.41, 5.74) is 4.77. The number of aryl methyl sites for hydroxylation is 1. The third-order valence-electron chi connectivity index (χ3n) is 3.75. The van der Waals surface area contributed by atoms with Crippen molar-refractivity contribution in [1.82, 2.24) is 10.6 Å². The van der Waals surface area contributed by atoms with Crippen LogP contribution in [0.2, 0.25) is 0 Å². The van der Waals surface area contributed by atoms with E-state index < -0.39 is 0 Å². The van der Waals surface area contributed by atoms with Gasteiger partial charge in [0, 0.05) is 12.7 Å². The zero-order chi connectivity index (χ0) is 23.0. The number of hydrogen-bond acceptors (Lipinski definition) is 4. The van der Waals surface area contributed by atoms with E-state index in [1.54, 1.807) is 0 Å². The number of nitrogens with one attached hydrogen (secondary N) is 3. The van der Waals surface area contributed by atoms with E-state index in [4.69, 9.17) is 0 Å². The molecule has 0 fully saturated rings. The van der Waals surface area contributed by atoms with Crippen molar-refractivity contribution < 1.29 is 0 Å². The van der Waals surface area contributed by atoms with Crippen molar-refractivity contribution >= 4 is 11.5 Å². The summed E-state index contributed by atoms with van der Waals surface area (Å²) < 4.78 is 0. The van der Waals surface area contributed by atoms with Crippen molar-refractivity contribution in [1.29, 1.82) is 0 Å². The van der Waals surface area contributed by atoms with Crippen molar-refractivity contribution in [2.45, 2.75) is 34.6 Å². The first-order valence-electron chi connectivity index (χ1n) is 9.33. The molecule has 0 spiro atoms. The van der Waals surface area contributed by atoms with Gasteiger partial charge in [0.25, 0.3) is 0 Å². The molecule has 0 atom stereocenters. The van der Waals surface area contributed by atoms with Crippen LogP contribution in [0.1, 0.15) is 33.3 Å². The quantitative estimate of drug-likeness (QED) is 0.457. The number of allylic oxidation sites excluding steroid dienone is 1. The average molecular weight is 395 g/mol. The molecule has 1 aliphatic heterocycles. The van der Waals surface area contributed by atoms with E-state index in [1.165, 1.54) is 11.1 Å². The largest absolute Gasteiger partial charge is 0.392 e. The minimum atomic E-state index is 0.165. The van der Waals surface area contributed by atoms with Crippen LogP contribution in [0.15, 0.2) is 78.7 Å². The van der Waals surface area contributed by atoms with E-state index in [1.807, 2.05) is 26.1 Å². The van der Waals surface area contributed by atoms with Gasteiger partial charge in [-0.15, -0.1) is 26.0 Å². The first kappa shape index (κ1) is 28.0. The molecule has 0 aliphatic carbocycles. The second-order valence-corrected chi connectivity index (χ2v) is 7.25. The van der Waals surface area contributed by atoms with Gasteiger partial charge >= 0.3 is 0 Å². The highest BCUT2D eigenvalue weighted by atomic mass is 15.1. The van der Waals surface area contributed by atoms with Crippen molar-refractivity contribution in [2.75, 3.05) is 18.9 Å². The van der Waals surface area contributed by atoms with Crippen LogP contribution in [0.3, 0.4) is 0 Å². The minimum Gasteiger partial charge on any atom is -0.392 e. The number of rotatable bonds is 4. The number of nitrogens with zero attached hydrogens (tertiary/aromatic N) is 1. The van der Waals surface area contributed by atoms with Crippen LogP contribution in [-0.4, -0.2) is 19.4 Å². The highest BCUT2D eigenvalue weighted by Crippen LogP contribution is 2.27. The minimum absolute atomic E-state index is 0.165. The molecule has 1 heterocycles. The summed E-state index contributed by atoms with van der Waals surface area (Å²) in [6.07, 6.45) is 10.1. The smallest absolute Gasteiger partial charge is 0.126 e. The maximum Gasteiger partial charge on any atom is 0.126 e. The Labute approximate surface area is 178 Å². The summed E-state index contributed by atoms with van der Waals surface area (Å²) in [6.45, 7) is 24.9. The lowest BCUT2D eigenvalue weighted by Crippen LogP contribution is -2.24. The summed E-state index contributed by atoms with van der Waals surface area (Å²) in [4.78, 5) is 4.49. The second kappa shape index (κ2) is 14.8. The first-order chi connectivity index (χ1) is 13.6. The summed E-state index contributed by atoms with van der Waals surface area (Å²) >= 11 is 0. The Morgan fingerprint density at radius 1 is 1.03 bits per heavy atom. The lowest BCUT2D eigenvalue weighted by molar-refractivity contribution is 0.499. The molecule has 0 radical (unpaired) electrons. The van der Waals surface area contributed by atoms with Gasteiger partial charge in [-0.25, -0.2) is 0 Å². The van der Waals surface area contributed by atoms with Crippen LogP contribution < -0.4 is 16.0 Å². The van der Waals surface area contributed by atoms with Crippen LogP contribution in [0, 0.1) is 25.2 Å². The fourth-order valence-corrected chi connectivity index (χ4v) is 1.95. The van der Waals surface area contributed by atoms with Gasteiger partial charge in [0.2, 0.25) is 0 Å². The van der Waals surface area contributed by atoms with E-state index in [0.717, 1.165) is 29.6 Å². The molecule has 1 aromatic rings. The molecule has 4 nitrogen and oxygen atoms in total. The Kier molecular flexibility index (Phi) is 14.3. The van der Waals surface area contributed by atoms with Gasteiger partial charge in [0.1, 0.15) is 11.7 Å². The predicted molar refractivity (Wildman–Crippen MR) is 132 cm³/mol. The summed E-state index contributed by atoms with van der Waals surface area (Å²) in [5, 5.41) is 9.28. The Balaban J connectivity index is 0. The monoisotopic (exact) mass is 394 g/mol. The summed E-state index contributed by atoms with van der Waals surface area (Å²) in [7, 11) is 1.85. The van der Waals surface area contributed by atoms with Crippen LogP contribution in [0.25, 0.3) is 0 Å². The van der Waals surface area contributed by atoms with Crippen LogP contribution in [-0.2, 0) is 0 Å². The lowest BCUT2D eigenvalue weighted by Gasteiger charge is -2.18. The molecule has 0 saturated heterocycles. The molecule has 2 rings (SSSR count). The molecule has 0 amide bonds. The zero-order valence-electron chi connectivity index (χ0n) is 19.0. The van der Waals surface area contributed by atoms with E-state index in [-0.39, 0.29) is 5.41 Å². The fraction of sp³-hybridized carbons (Fsp3) is 0.320. The highest BCUT2D eigenvalue weighted by molar-refractivity contribution is 5.97. The van der Waals surface area contributed by atoms with Gasteiger partial charge in [-0.1, -0.05) is 51.6 Å². The van der Waals surface area contributed by atoms with Gasteiger partial charge in [-0.2, -0.15) is 0 Å². The van der Waals surface area contributed by atoms with Crippen molar-refractivity contribution in [2.24, 2.45) is 10.4 Å². The maximum atomic E-state index is 4.49. The maximum absolute atomic E-state index is 4.49. The number of benzene rings is 1. The molecule has 3 N–H and O–H groups in total. The number of anilines is 1. The fourth-order valence-electron chi connectivity index (χ4n) is 1.95. The number of aliphatic imine (C=N–C) groups is 1. The molecule has 0 unspecified atom stereocenters. The standard InChI is InChI=1S/C17H23N3.C4H9N.C2H4.C2H2/c1-12-6-8-15(9-7-12)19-13(2)20-16-10-14(11-18-16)17(3,4)5;1-4(2)5-3;2*1-2/h6-10,19H,2,11H2,1,3-5H3,(H,18,20);5H,1H2,2-3H3;1-2H2;1-2H. The predicted octanol–water partition coefficient (Wildman–Crippen LogP) is 5.64. The zero-order valence-corrected chi connectivity index (χ0v) is 19.0. The number of amidine groups is 1. The summed E-state index contributed by atoms with van der Waals surface area (Å²) in [5.74, 6) is 1.61. The third-order valence-corrected chi connectivity index (χ3v) is 3.75. The van der Waals surface area contributed by atoms with E-state index >= 15 is 0 Å². The SMILES string of the molecule is C#C.C=C.C=C(C)NC.C=C(NC1=NCC(C(C)(C)C)=C1)Nc1ccc(C)cc1. The van der Waals surface area contributed by atoms with Crippen molar-refractivity contribution in [3.8, 4) is 12.8 Å². The highest BCUT2D eigenvalue weighted by Gasteiger charge is 2.20. The Bertz CT molecular complexity index is 713. The van der Waals surface area contributed by atoms with Gasteiger partial charge in [-0.3, -0.25) is 4.99 Å². The average Bonchev–Trinajstić information content (AvgIpc) is 3.16. The Morgan fingerprint density at radius 3 is 1.90 bits per heavy atom. The van der Waals surface area contributed by atoms with Gasteiger partial charge in [0.15, 0.2) is 0 Å². The normalized spacial score (nSPS) is 11.4. The molecule has 1 aromatic carbocycles. The molecule has 1 aliphatic rings. The molecular weight excluding hydrogens is 356 g/mol. The lowest BCUT2D eigenvalue weighted by atomic mass is 9.87. The molecule has 4 heteroatoms. The molecule has 0 bridgehead atoms. The van der Waals surface area contributed by atoms with Gasteiger partial charge < -0.3 is 16.0 Å². The Hall–Kier alpha value is -3.19. The van der Waals surface area contributed by atoms with Gasteiger partial charge in [0.05, 0.1) is 6.54 Å². The van der Waals surface area contributed by atoms with Crippen molar-refractivity contribution in [3.05, 3.63) is 79.3 Å². The molecule has 158 valence electrons. The van der Waals surface area contributed by atoms with E-state index in [9.17, 15) is 0 Å². The van der Waals surface area contributed by atoms with Gasteiger partial charge in [-0.05, 0) is 48.7 Å². The van der Waals surface area contributed by atoms with Crippen LogP contribution >= 0.6 is 0 Å². The van der Waals surface area contributed by atoms with Crippen LogP contribution in [0.4, 0.5) is 5.69 Å². The molecule has 0 aromatic heterocycles. The third kappa shape index (κ3) is 12.8. The van der Waals surface area contributed by atoms with E-state index in [2.05, 4.69) is 106 Å². The number of terminal acetylenes is 1. The molecule has 0 saturated carbocycles. The molecule has 29 heavy (non-hydrogen) atoms. The van der Waals surface area contributed by atoms with Crippen LogP contribution in [0.5, 0.6) is 0 Å².